The van der Waals surface area contributed by atoms with Crippen molar-refractivity contribution in [1.29, 1.82) is 0 Å². The van der Waals surface area contributed by atoms with E-state index in [-0.39, 0.29) is 11.9 Å². The van der Waals surface area contributed by atoms with Crippen LogP contribution in [0.5, 0.6) is 11.5 Å². The molecule has 0 saturated carbocycles. The van der Waals surface area contributed by atoms with E-state index >= 15 is 0 Å². The van der Waals surface area contributed by atoms with Crippen LogP contribution in [-0.4, -0.2) is 19.1 Å². The number of hydrogen-bond acceptors (Lipinski definition) is 3. The summed E-state index contributed by atoms with van der Waals surface area (Å²) in [5, 5.41) is 3.06. The summed E-state index contributed by atoms with van der Waals surface area (Å²) in [6.07, 6.45) is 0.0684. The average molecular weight is 341 g/mol. The number of nitrogens with one attached hydrogen (secondary N) is 1. The summed E-state index contributed by atoms with van der Waals surface area (Å²) in [5.41, 5.74) is 3.52. The zero-order valence-corrected chi connectivity index (χ0v) is 15.6. The third-order valence-electron chi connectivity index (χ3n) is 4.25. The normalized spacial score (nSPS) is 13.0. The van der Waals surface area contributed by atoms with E-state index in [0.29, 0.717) is 12.2 Å². The Balaban J connectivity index is 2.03. The Hall–Kier alpha value is -2.49. The van der Waals surface area contributed by atoms with Crippen molar-refractivity contribution in [3.63, 3.8) is 0 Å². The molecule has 2 rings (SSSR count). The first kappa shape index (κ1) is 18.8. The highest BCUT2D eigenvalue weighted by Gasteiger charge is 2.21. The van der Waals surface area contributed by atoms with E-state index in [1.807, 2.05) is 38.1 Å². The third-order valence-corrected chi connectivity index (χ3v) is 4.25. The molecular weight excluding hydrogens is 314 g/mol. The van der Waals surface area contributed by atoms with Crippen molar-refractivity contribution in [2.24, 2.45) is 0 Å². The van der Waals surface area contributed by atoms with Crippen molar-refractivity contribution < 1.29 is 14.3 Å². The van der Waals surface area contributed by atoms with Crippen molar-refractivity contribution >= 4 is 5.91 Å². The Morgan fingerprint density at radius 2 is 1.72 bits per heavy atom. The molecule has 0 radical (unpaired) electrons. The first-order chi connectivity index (χ1) is 11.9. The first-order valence-corrected chi connectivity index (χ1v) is 8.62. The molecule has 0 aliphatic heterocycles. The third kappa shape index (κ3) is 4.99. The second-order valence-electron chi connectivity index (χ2n) is 6.28. The molecule has 0 aromatic heterocycles. The number of rotatable bonds is 7. The number of benzene rings is 2. The number of carbonyl (C=O) groups is 1. The van der Waals surface area contributed by atoms with Gasteiger partial charge in [-0.2, -0.15) is 0 Å². The lowest BCUT2D eigenvalue weighted by Gasteiger charge is -2.22. The molecule has 2 aromatic carbocycles. The van der Waals surface area contributed by atoms with E-state index in [4.69, 9.17) is 9.47 Å². The van der Waals surface area contributed by atoms with Crippen LogP contribution in [0, 0.1) is 13.8 Å². The minimum atomic E-state index is -0.526. The lowest BCUT2D eigenvalue weighted by molar-refractivity contribution is -0.128. The Morgan fingerprint density at radius 3 is 2.28 bits per heavy atom. The standard InChI is InChI=1S/C21H27NO3/c1-6-20(25-18-10-8-17(24-5)9-11-18)21(23)22-16(4)19-12-7-14(2)13-15(19)3/h7-13,16,20H,6H2,1-5H3,(H,22,23)/t16-,20+/m0/s1. The molecule has 0 heterocycles. The number of carbonyl (C=O) groups excluding carboxylic acids is 1. The van der Waals surface area contributed by atoms with Crippen LogP contribution in [0.1, 0.15) is 43.0 Å². The van der Waals surface area contributed by atoms with Gasteiger partial charge in [-0.25, -0.2) is 0 Å². The number of methoxy groups -OCH3 is 1. The maximum atomic E-state index is 12.6. The van der Waals surface area contributed by atoms with E-state index in [9.17, 15) is 4.79 Å². The molecule has 0 fully saturated rings. The molecule has 4 heteroatoms. The van der Waals surface area contributed by atoms with Gasteiger partial charge in [0, 0.05) is 0 Å². The summed E-state index contributed by atoms with van der Waals surface area (Å²) in [4.78, 5) is 12.6. The van der Waals surface area contributed by atoms with E-state index in [1.54, 1.807) is 7.11 Å². The van der Waals surface area contributed by atoms with E-state index in [1.165, 1.54) is 11.1 Å². The van der Waals surface area contributed by atoms with Gasteiger partial charge in [-0.1, -0.05) is 30.7 Å². The van der Waals surface area contributed by atoms with E-state index in [0.717, 1.165) is 11.3 Å². The number of hydrogen-bond donors (Lipinski definition) is 1. The van der Waals surface area contributed by atoms with Crippen LogP contribution < -0.4 is 14.8 Å². The highest BCUT2D eigenvalue weighted by molar-refractivity contribution is 5.81. The fraction of sp³-hybridized carbons (Fsp3) is 0.381. The largest absolute Gasteiger partial charge is 0.497 e. The summed E-state index contributed by atoms with van der Waals surface area (Å²) in [6, 6.07) is 13.4. The number of ether oxygens (including phenoxy) is 2. The zero-order chi connectivity index (χ0) is 18.4. The smallest absolute Gasteiger partial charge is 0.261 e. The maximum absolute atomic E-state index is 12.6. The Labute approximate surface area is 150 Å². The zero-order valence-electron chi connectivity index (χ0n) is 15.6. The van der Waals surface area contributed by atoms with Crippen molar-refractivity contribution in [3.8, 4) is 11.5 Å². The quantitative estimate of drug-likeness (QED) is 0.814. The summed E-state index contributed by atoms with van der Waals surface area (Å²) in [7, 11) is 1.62. The van der Waals surface area contributed by atoms with E-state index < -0.39 is 6.10 Å². The Kier molecular flexibility index (Phi) is 6.45. The summed E-state index contributed by atoms with van der Waals surface area (Å²) in [5.74, 6) is 1.31. The van der Waals surface area contributed by atoms with Crippen LogP contribution >= 0.6 is 0 Å². The fourth-order valence-electron chi connectivity index (χ4n) is 2.84. The molecule has 0 aliphatic rings. The predicted molar refractivity (Wildman–Crippen MR) is 100 cm³/mol. The Bertz CT molecular complexity index is 710. The van der Waals surface area contributed by atoms with Gasteiger partial charge in [-0.3, -0.25) is 4.79 Å². The van der Waals surface area contributed by atoms with Crippen molar-refractivity contribution in [3.05, 3.63) is 59.2 Å². The van der Waals surface area contributed by atoms with Gasteiger partial charge in [0.15, 0.2) is 6.10 Å². The molecule has 0 aliphatic carbocycles. The van der Waals surface area contributed by atoms with Crippen LogP contribution in [-0.2, 0) is 4.79 Å². The molecule has 0 spiro atoms. The SMILES string of the molecule is CC[C@@H](Oc1ccc(OC)cc1)C(=O)N[C@@H](C)c1ccc(C)cc1C. The minimum absolute atomic E-state index is 0.0679. The van der Waals surface area contributed by atoms with Crippen LogP contribution in [0.4, 0.5) is 0 Å². The van der Waals surface area contributed by atoms with Gasteiger partial charge in [0.2, 0.25) is 0 Å². The molecule has 2 aromatic rings. The summed E-state index contributed by atoms with van der Waals surface area (Å²) in [6.45, 7) is 8.07. The second-order valence-corrected chi connectivity index (χ2v) is 6.28. The first-order valence-electron chi connectivity index (χ1n) is 8.62. The predicted octanol–water partition coefficient (Wildman–Crippen LogP) is 4.35. The maximum Gasteiger partial charge on any atom is 0.261 e. The molecule has 134 valence electrons. The van der Waals surface area contributed by atoms with E-state index in [2.05, 4.69) is 37.4 Å². The van der Waals surface area contributed by atoms with Gasteiger partial charge in [0.25, 0.3) is 5.91 Å². The molecule has 0 bridgehead atoms. The molecule has 4 nitrogen and oxygen atoms in total. The number of amides is 1. The van der Waals surface area contributed by atoms with Gasteiger partial charge in [-0.15, -0.1) is 0 Å². The van der Waals surface area contributed by atoms with Crippen molar-refractivity contribution in [1.82, 2.24) is 5.32 Å². The van der Waals surface area contributed by atoms with Crippen LogP contribution in [0.2, 0.25) is 0 Å². The summed E-state index contributed by atoms with van der Waals surface area (Å²) < 4.78 is 11.0. The lowest BCUT2D eigenvalue weighted by Crippen LogP contribution is -2.39. The fourth-order valence-corrected chi connectivity index (χ4v) is 2.84. The average Bonchev–Trinajstić information content (AvgIpc) is 2.59. The minimum Gasteiger partial charge on any atom is -0.497 e. The van der Waals surface area contributed by atoms with Gasteiger partial charge in [0.1, 0.15) is 11.5 Å². The van der Waals surface area contributed by atoms with Crippen LogP contribution in [0.25, 0.3) is 0 Å². The van der Waals surface area contributed by atoms with Gasteiger partial charge >= 0.3 is 0 Å². The molecular formula is C21H27NO3. The molecule has 1 amide bonds. The molecule has 1 N–H and O–H groups in total. The molecule has 25 heavy (non-hydrogen) atoms. The summed E-state index contributed by atoms with van der Waals surface area (Å²) >= 11 is 0. The lowest BCUT2D eigenvalue weighted by atomic mass is 10.00. The topological polar surface area (TPSA) is 47.6 Å². The molecule has 0 unspecified atom stereocenters. The van der Waals surface area contributed by atoms with Gasteiger partial charge in [0.05, 0.1) is 13.2 Å². The monoisotopic (exact) mass is 341 g/mol. The van der Waals surface area contributed by atoms with Gasteiger partial charge in [-0.05, 0) is 62.6 Å². The second kappa shape index (κ2) is 8.56. The van der Waals surface area contributed by atoms with Crippen LogP contribution in [0.3, 0.4) is 0 Å². The number of aryl methyl sites for hydroxylation is 2. The molecule has 2 atom stereocenters. The van der Waals surface area contributed by atoms with Gasteiger partial charge < -0.3 is 14.8 Å². The van der Waals surface area contributed by atoms with Crippen molar-refractivity contribution in [2.75, 3.05) is 7.11 Å². The highest BCUT2D eigenvalue weighted by Crippen LogP contribution is 2.21. The highest BCUT2D eigenvalue weighted by atomic mass is 16.5. The van der Waals surface area contributed by atoms with Crippen LogP contribution in [0.15, 0.2) is 42.5 Å². The molecule has 0 saturated heterocycles. The van der Waals surface area contributed by atoms with Crippen molar-refractivity contribution in [2.45, 2.75) is 46.3 Å². The Morgan fingerprint density at radius 1 is 1.08 bits per heavy atom.